The first-order valence-corrected chi connectivity index (χ1v) is 8.52. The average Bonchev–Trinajstić information content (AvgIpc) is 2.14. The van der Waals surface area contributed by atoms with E-state index in [1.807, 2.05) is 0 Å². The van der Waals surface area contributed by atoms with Crippen LogP contribution in [-0.2, 0) is 15.6 Å². The SMILES string of the molecule is O=[PH](O)C(Cc1ccc(I)cc1)P(=O)(O)O. The molecule has 5 nitrogen and oxygen atoms in total. The van der Waals surface area contributed by atoms with Gasteiger partial charge in [-0.15, -0.1) is 0 Å². The van der Waals surface area contributed by atoms with Crippen LogP contribution in [-0.4, -0.2) is 20.1 Å². The zero-order valence-electron chi connectivity index (χ0n) is 8.08. The second-order valence-corrected chi connectivity index (χ2v) is 8.18. The van der Waals surface area contributed by atoms with Crippen molar-refractivity contribution < 1.29 is 23.8 Å². The molecule has 0 spiro atoms. The minimum Gasteiger partial charge on any atom is -0.346 e. The van der Waals surface area contributed by atoms with Gasteiger partial charge in [0.2, 0.25) is 8.03 Å². The van der Waals surface area contributed by atoms with E-state index in [1.165, 1.54) is 0 Å². The Morgan fingerprint density at radius 3 is 2.19 bits per heavy atom. The van der Waals surface area contributed by atoms with Gasteiger partial charge in [0.1, 0.15) is 5.40 Å². The first kappa shape index (κ1) is 14.4. The third kappa shape index (κ3) is 4.28. The maximum atomic E-state index is 11.0. The van der Waals surface area contributed by atoms with Gasteiger partial charge in [0.05, 0.1) is 0 Å². The zero-order valence-corrected chi connectivity index (χ0v) is 12.1. The summed E-state index contributed by atoms with van der Waals surface area (Å²) in [6.45, 7) is 0. The summed E-state index contributed by atoms with van der Waals surface area (Å²) in [5.41, 5.74) is 0.640. The molecule has 1 aromatic carbocycles. The molecule has 0 aliphatic rings. The second kappa shape index (κ2) is 5.76. The van der Waals surface area contributed by atoms with E-state index in [0.717, 1.165) is 3.57 Å². The minimum absolute atomic E-state index is 0.0878. The van der Waals surface area contributed by atoms with E-state index in [9.17, 15) is 9.13 Å². The Balaban J connectivity index is 2.89. The first-order valence-electron chi connectivity index (χ1n) is 4.33. The highest BCUT2D eigenvalue weighted by atomic mass is 127. The van der Waals surface area contributed by atoms with Gasteiger partial charge in [-0.3, -0.25) is 9.13 Å². The van der Waals surface area contributed by atoms with Gasteiger partial charge in [0, 0.05) is 3.57 Å². The van der Waals surface area contributed by atoms with Gasteiger partial charge in [-0.1, -0.05) is 12.1 Å². The Morgan fingerprint density at radius 1 is 1.31 bits per heavy atom. The van der Waals surface area contributed by atoms with Crippen molar-refractivity contribution in [3.05, 3.63) is 33.4 Å². The van der Waals surface area contributed by atoms with Crippen LogP contribution in [0.2, 0.25) is 0 Å². The lowest BCUT2D eigenvalue weighted by atomic mass is 10.2. The quantitative estimate of drug-likeness (QED) is 0.551. The number of rotatable bonds is 4. The van der Waals surface area contributed by atoms with E-state index >= 15 is 0 Å². The molecule has 2 unspecified atom stereocenters. The van der Waals surface area contributed by atoms with Crippen LogP contribution < -0.4 is 0 Å². The predicted octanol–water partition coefficient (Wildman–Crippen LogP) is 1.80. The zero-order chi connectivity index (χ0) is 12.3. The summed E-state index contributed by atoms with van der Waals surface area (Å²) in [6.07, 6.45) is -0.0878. The summed E-state index contributed by atoms with van der Waals surface area (Å²) in [5, 5.41) is -1.49. The highest BCUT2D eigenvalue weighted by Crippen LogP contribution is 2.52. The van der Waals surface area contributed by atoms with Crippen molar-refractivity contribution in [1.82, 2.24) is 0 Å². The van der Waals surface area contributed by atoms with E-state index in [1.54, 1.807) is 24.3 Å². The molecule has 1 rings (SSSR count). The van der Waals surface area contributed by atoms with E-state index in [2.05, 4.69) is 22.6 Å². The highest BCUT2D eigenvalue weighted by Gasteiger charge is 2.33. The number of hydrogen-bond donors (Lipinski definition) is 3. The molecule has 0 bridgehead atoms. The topological polar surface area (TPSA) is 94.8 Å². The van der Waals surface area contributed by atoms with Crippen molar-refractivity contribution in [2.75, 3.05) is 0 Å². The lowest BCUT2D eigenvalue weighted by Gasteiger charge is -2.15. The predicted molar refractivity (Wildman–Crippen MR) is 69.9 cm³/mol. The molecular formula is C8H11IO5P2. The summed E-state index contributed by atoms with van der Waals surface area (Å²) >= 11 is 2.10. The molecule has 0 saturated heterocycles. The Kier molecular flexibility index (Phi) is 5.16. The van der Waals surface area contributed by atoms with Crippen molar-refractivity contribution in [1.29, 1.82) is 0 Å². The molecule has 0 saturated carbocycles. The van der Waals surface area contributed by atoms with Gasteiger partial charge in [0.25, 0.3) is 0 Å². The minimum atomic E-state index is -4.53. The van der Waals surface area contributed by atoms with Gasteiger partial charge in [-0.2, -0.15) is 0 Å². The average molecular weight is 376 g/mol. The van der Waals surface area contributed by atoms with Gasteiger partial charge < -0.3 is 14.7 Å². The molecule has 16 heavy (non-hydrogen) atoms. The fourth-order valence-electron chi connectivity index (χ4n) is 1.19. The van der Waals surface area contributed by atoms with E-state index in [0.29, 0.717) is 5.56 Å². The third-order valence-corrected chi connectivity index (χ3v) is 6.19. The summed E-state index contributed by atoms with van der Waals surface area (Å²) in [7, 11) is -7.78. The molecule has 2 atom stereocenters. The van der Waals surface area contributed by atoms with Crippen LogP contribution in [0, 0.1) is 3.57 Å². The molecule has 0 heterocycles. The fourth-order valence-corrected chi connectivity index (χ4v) is 3.56. The standard InChI is InChI=1S/C8H11IO5P2/c9-7-3-1-6(2-4-7)5-8(15(10)11)16(12,13)14/h1-4,8,15H,5H2,(H,10,11)(H2,12,13,14). The largest absolute Gasteiger partial charge is 0.346 e. The van der Waals surface area contributed by atoms with E-state index in [4.69, 9.17) is 14.7 Å². The molecule has 0 aliphatic carbocycles. The first-order chi connectivity index (χ1) is 7.30. The Bertz CT molecular complexity index is 427. The normalized spacial score (nSPS) is 15.8. The van der Waals surface area contributed by atoms with Crippen molar-refractivity contribution in [3.63, 3.8) is 0 Å². The van der Waals surface area contributed by atoms with Crippen LogP contribution in [0.3, 0.4) is 0 Å². The molecule has 90 valence electrons. The third-order valence-electron chi connectivity index (χ3n) is 2.03. The van der Waals surface area contributed by atoms with Crippen LogP contribution in [0.5, 0.6) is 0 Å². The molecular weight excluding hydrogens is 365 g/mol. The number of hydrogen-bond acceptors (Lipinski definition) is 2. The van der Waals surface area contributed by atoms with Crippen molar-refractivity contribution in [2.24, 2.45) is 0 Å². The van der Waals surface area contributed by atoms with E-state index in [-0.39, 0.29) is 6.42 Å². The van der Waals surface area contributed by atoms with Crippen molar-refractivity contribution in [3.8, 4) is 0 Å². The highest BCUT2D eigenvalue weighted by molar-refractivity contribution is 14.1. The Hall–Kier alpha value is 0.290. The summed E-state index contributed by atoms with van der Waals surface area (Å²) in [4.78, 5) is 26.8. The lowest BCUT2D eigenvalue weighted by Crippen LogP contribution is -2.07. The molecule has 0 amide bonds. The summed E-state index contributed by atoms with van der Waals surface area (Å²) < 4.78 is 22.9. The molecule has 0 radical (unpaired) electrons. The van der Waals surface area contributed by atoms with Gasteiger partial charge in [0.15, 0.2) is 0 Å². The molecule has 3 N–H and O–H groups in total. The second-order valence-electron chi connectivity index (χ2n) is 3.27. The summed E-state index contributed by atoms with van der Waals surface area (Å²) in [5.74, 6) is 0. The van der Waals surface area contributed by atoms with Gasteiger partial charge in [-0.25, -0.2) is 0 Å². The molecule has 0 fully saturated rings. The maximum absolute atomic E-state index is 11.0. The van der Waals surface area contributed by atoms with Gasteiger partial charge in [-0.05, 0) is 46.7 Å². The molecule has 1 aromatic rings. The van der Waals surface area contributed by atoms with Crippen molar-refractivity contribution >= 4 is 38.2 Å². The monoisotopic (exact) mass is 376 g/mol. The van der Waals surface area contributed by atoms with E-state index < -0.39 is 21.0 Å². The Labute approximate surface area is 107 Å². The van der Waals surface area contributed by atoms with Crippen LogP contribution in [0.4, 0.5) is 0 Å². The maximum Gasteiger partial charge on any atom is 0.338 e. The smallest absolute Gasteiger partial charge is 0.338 e. The fraction of sp³-hybridized carbons (Fsp3) is 0.250. The summed E-state index contributed by atoms with van der Waals surface area (Å²) in [6, 6.07) is 6.94. The van der Waals surface area contributed by atoms with Gasteiger partial charge >= 0.3 is 7.60 Å². The molecule has 0 aromatic heterocycles. The van der Waals surface area contributed by atoms with Crippen LogP contribution >= 0.6 is 38.2 Å². The van der Waals surface area contributed by atoms with Crippen LogP contribution in [0.25, 0.3) is 0 Å². The van der Waals surface area contributed by atoms with Crippen molar-refractivity contribution in [2.45, 2.75) is 11.8 Å². The Morgan fingerprint density at radius 2 is 1.81 bits per heavy atom. The number of benzene rings is 1. The lowest BCUT2D eigenvalue weighted by molar-refractivity contribution is 0.364. The van der Waals surface area contributed by atoms with Crippen LogP contribution in [0.1, 0.15) is 5.56 Å². The molecule has 0 aliphatic heterocycles. The molecule has 8 heteroatoms. The van der Waals surface area contributed by atoms with Crippen LogP contribution in [0.15, 0.2) is 24.3 Å². The number of halogens is 1.